The summed E-state index contributed by atoms with van der Waals surface area (Å²) < 4.78 is 9.63. The minimum atomic E-state index is -0.102. The van der Waals surface area contributed by atoms with Crippen LogP contribution >= 0.6 is 0 Å². The zero-order chi connectivity index (χ0) is 35.9. The van der Waals surface area contributed by atoms with Crippen molar-refractivity contribution < 1.29 is 4.42 Å². The molecule has 2 aromatic heterocycles. The van der Waals surface area contributed by atoms with Crippen molar-refractivity contribution in [3.05, 3.63) is 144 Å². The molecule has 7 aromatic carbocycles. The van der Waals surface area contributed by atoms with Gasteiger partial charge in [-0.2, -0.15) is 0 Å². The SMILES string of the molecule is CC(C)c1cc(-c2ccccc2)cc(C(C)C)c1-n1c(-c2ccc(C(C)(C)C)c3c2oc2c4ccc5ccccc5c4ccc23)nc2ccccc21. The lowest BCUT2D eigenvalue weighted by Crippen LogP contribution is -2.12. The molecule has 3 heteroatoms. The first-order valence-corrected chi connectivity index (χ1v) is 18.6. The van der Waals surface area contributed by atoms with Gasteiger partial charge in [-0.15, -0.1) is 0 Å². The first-order valence-electron chi connectivity index (χ1n) is 18.6. The maximum Gasteiger partial charge on any atom is 0.149 e. The third kappa shape index (κ3) is 4.98. The van der Waals surface area contributed by atoms with Crippen molar-refractivity contribution in [2.24, 2.45) is 0 Å². The van der Waals surface area contributed by atoms with E-state index in [0.717, 1.165) is 44.4 Å². The standard InChI is InChI=1S/C49H44N2O/c1-29(2)39-27-33(31-15-9-8-10-16-31)28-40(30(3)4)45(39)51-43-20-14-13-19-42(43)50-48(51)38-25-26-41(49(5,6)7)44-37-24-23-35-34-18-12-11-17-32(34)21-22-36(35)46(37)52-47(38)44/h8-30H,1-7H3. The molecule has 0 aliphatic heterocycles. The Balaban J connectivity index is 1.41. The highest BCUT2D eigenvalue weighted by atomic mass is 16.3. The highest BCUT2D eigenvalue weighted by molar-refractivity contribution is 6.22. The number of hydrogen-bond acceptors (Lipinski definition) is 2. The largest absolute Gasteiger partial charge is 0.455 e. The van der Waals surface area contributed by atoms with Crippen LogP contribution in [-0.2, 0) is 5.41 Å². The molecule has 0 atom stereocenters. The Kier molecular flexibility index (Phi) is 7.41. The number of imidazole rings is 1. The van der Waals surface area contributed by atoms with Gasteiger partial charge in [0.15, 0.2) is 0 Å². The third-order valence-corrected chi connectivity index (χ3v) is 10.9. The molecule has 0 amide bonds. The fourth-order valence-electron chi connectivity index (χ4n) is 8.28. The summed E-state index contributed by atoms with van der Waals surface area (Å²) in [6.07, 6.45) is 0. The Bertz CT molecular complexity index is 2800. The second-order valence-electron chi connectivity index (χ2n) is 16.0. The number of aromatic nitrogens is 2. The Morgan fingerprint density at radius 3 is 1.96 bits per heavy atom. The molecule has 0 radical (unpaired) electrons. The average molecular weight is 677 g/mol. The minimum Gasteiger partial charge on any atom is -0.455 e. The van der Waals surface area contributed by atoms with Crippen molar-refractivity contribution in [2.45, 2.75) is 65.7 Å². The zero-order valence-electron chi connectivity index (χ0n) is 31.1. The number of para-hydroxylation sites is 2. The van der Waals surface area contributed by atoms with Gasteiger partial charge < -0.3 is 4.42 Å². The summed E-state index contributed by atoms with van der Waals surface area (Å²) >= 11 is 0. The quantitative estimate of drug-likeness (QED) is 0.170. The molecular weight excluding hydrogens is 633 g/mol. The number of benzene rings is 7. The second kappa shape index (κ2) is 12.0. The number of nitrogens with zero attached hydrogens (tertiary/aromatic N) is 2. The molecule has 0 saturated carbocycles. The van der Waals surface area contributed by atoms with E-state index in [-0.39, 0.29) is 17.3 Å². The lowest BCUT2D eigenvalue weighted by atomic mass is 9.83. The fraction of sp³-hybridized carbons (Fsp3) is 0.204. The van der Waals surface area contributed by atoms with Crippen LogP contribution in [0.25, 0.3) is 82.7 Å². The molecule has 0 unspecified atom stereocenters. The molecule has 9 rings (SSSR count). The molecule has 0 aliphatic rings. The van der Waals surface area contributed by atoms with E-state index < -0.39 is 0 Å². The monoisotopic (exact) mass is 676 g/mol. The maximum atomic E-state index is 7.20. The third-order valence-electron chi connectivity index (χ3n) is 10.9. The number of rotatable bonds is 5. The normalized spacial score (nSPS) is 12.5. The lowest BCUT2D eigenvalue weighted by molar-refractivity contribution is 0.595. The Morgan fingerprint density at radius 2 is 1.23 bits per heavy atom. The van der Waals surface area contributed by atoms with E-state index in [4.69, 9.17) is 9.40 Å². The van der Waals surface area contributed by atoms with E-state index in [1.165, 1.54) is 55.0 Å². The summed E-state index contributed by atoms with van der Waals surface area (Å²) in [6.45, 7) is 16.1. The van der Waals surface area contributed by atoms with Crippen LogP contribution in [-0.4, -0.2) is 9.55 Å². The van der Waals surface area contributed by atoms with Gasteiger partial charge in [-0.05, 0) is 104 Å². The summed E-state index contributed by atoms with van der Waals surface area (Å²) in [7, 11) is 0. The van der Waals surface area contributed by atoms with Crippen LogP contribution in [0.15, 0.2) is 132 Å². The summed E-state index contributed by atoms with van der Waals surface area (Å²) in [5, 5.41) is 7.12. The summed E-state index contributed by atoms with van der Waals surface area (Å²) in [6, 6.07) is 46.3. The fourth-order valence-corrected chi connectivity index (χ4v) is 8.28. The molecule has 0 spiro atoms. The van der Waals surface area contributed by atoms with Crippen LogP contribution in [0.4, 0.5) is 0 Å². The molecule has 2 heterocycles. The van der Waals surface area contributed by atoms with Crippen molar-refractivity contribution in [3.63, 3.8) is 0 Å². The summed E-state index contributed by atoms with van der Waals surface area (Å²) in [4.78, 5) is 5.46. The Hall–Kier alpha value is -5.67. The van der Waals surface area contributed by atoms with Gasteiger partial charge >= 0.3 is 0 Å². The van der Waals surface area contributed by atoms with Crippen molar-refractivity contribution in [2.75, 3.05) is 0 Å². The number of hydrogen-bond donors (Lipinski definition) is 0. The molecule has 0 bridgehead atoms. The smallest absolute Gasteiger partial charge is 0.149 e. The van der Waals surface area contributed by atoms with E-state index >= 15 is 0 Å². The van der Waals surface area contributed by atoms with Gasteiger partial charge in [0.1, 0.15) is 17.0 Å². The molecule has 256 valence electrons. The molecular formula is C49H44N2O. The van der Waals surface area contributed by atoms with Gasteiger partial charge in [-0.25, -0.2) is 4.98 Å². The van der Waals surface area contributed by atoms with Gasteiger partial charge in [0.25, 0.3) is 0 Å². The van der Waals surface area contributed by atoms with E-state index in [9.17, 15) is 0 Å². The van der Waals surface area contributed by atoms with Crippen molar-refractivity contribution in [1.29, 1.82) is 0 Å². The molecule has 0 N–H and O–H groups in total. The van der Waals surface area contributed by atoms with Crippen LogP contribution in [0.2, 0.25) is 0 Å². The molecule has 52 heavy (non-hydrogen) atoms. The molecule has 0 saturated heterocycles. The number of furan rings is 1. The van der Waals surface area contributed by atoms with E-state index in [1.54, 1.807) is 0 Å². The highest BCUT2D eigenvalue weighted by Gasteiger charge is 2.28. The van der Waals surface area contributed by atoms with Crippen LogP contribution in [0.3, 0.4) is 0 Å². The van der Waals surface area contributed by atoms with Crippen LogP contribution in [0.1, 0.15) is 77.0 Å². The lowest BCUT2D eigenvalue weighted by Gasteiger charge is -2.25. The van der Waals surface area contributed by atoms with Gasteiger partial charge in [0.2, 0.25) is 0 Å². The van der Waals surface area contributed by atoms with E-state index in [2.05, 4.69) is 180 Å². The van der Waals surface area contributed by atoms with Gasteiger partial charge in [0, 0.05) is 16.2 Å². The predicted molar refractivity (Wildman–Crippen MR) is 221 cm³/mol. The van der Waals surface area contributed by atoms with Crippen molar-refractivity contribution in [1.82, 2.24) is 9.55 Å². The average Bonchev–Trinajstić information content (AvgIpc) is 3.73. The Labute approximate surface area is 305 Å². The topological polar surface area (TPSA) is 31.0 Å². The van der Waals surface area contributed by atoms with Crippen LogP contribution in [0.5, 0.6) is 0 Å². The van der Waals surface area contributed by atoms with E-state index in [1.807, 2.05) is 0 Å². The number of fused-ring (bicyclic) bond motifs is 8. The van der Waals surface area contributed by atoms with Gasteiger partial charge in [-0.1, -0.05) is 133 Å². The molecule has 0 aliphatic carbocycles. The molecule has 3 nitrogen and oxygen atoms in total. The summed E-state index contributed by atoms with van der Waals surface area (Å²) in [5.41, 5.74) is 12.3. The predicted octanol–water partition coefficient (Wildman–Crippen LogP) is 14.1. The van der Waals surface area contributed by atoms with Crippen molar-refractivity contribution in [3.8, 4) is 28.2 Å². The molecule has 9 aromatic rings. The molecule has 0 fully saturated rings. The Morgan fingerprint density at radius 1 is 0.577 bits per heavy atom. The maximum absolute atomic E-state index is 7.20. The first-order chi connectivity index (χ1) is 25.1. The van der Waals surface area contributed by atoms with Crippen molar-refractivity contribution >= 4 is 54.5 Å². The summed E-state index contributed by atoms with van der Waals surface area (Å²) in [5.74, 6) is 1.46. The first kappa shape index (κ1) is 32.3. The van der Waals surface area contributed by atoms with Gasteiger partial charge in [0.05, 0.1) is 22.3 Å². The van der Waals surface area contributed by atoms with E-state index in [0.29, 0.717) is 0 Å². The van der Waals surface area contributed by atoms with Gasteiger partial charge in [-0.3, -0.25) is 4.57 Å². The van der Waals surface area contributed by atoms with Crippen LogP contribution in [0, 0.1) is 0 Å². The van der Waals surface area contributed by atoms with Crippen LogP contribution < -0.4 is 0 Å². The second-order valence-corrected chi connectivity index (χ2v) is 16.0. The highest BCUT2D eigenvalue weighted by Crippen LogP contribution is 2.46. The minimum absolute atomic E-state index is 0.102. The zero-order valence-corrected chi connectivity index (χ0v) is 31.1.